The van der Waals surface area contributed by atoms with Gasteiger partial charge >= 0.3 is 0 Å². The minimum absolute atomic E-state index is 0.0253. The summed E-state index contributed by atoms with van der Waals surface area (Å²) in [6.07, 6.45) is 5.76. The summed E-state index contributed by atoms with van der Waals surface area (Å²) in [5.74, 6) is 1.16. The maximum atomic E-state index is 13.1. The number of nitrogens with zero attached hydrogens (tertiary/aromatic N) is 1. The molecule has 0 spiro atoms. The van der Waals surface area contributed by atoms with E-state index in [1.807, 2.05) is 91.4 Å². The molecule has 3 aromatic rings. The van der Waals surface area contributed by atoms with Crippen LogP contribution in [0.3, 0.4) is 0 Å². The molecule has 0 aliphatic rings. The van der Waals surface area contributed by atoms with E-state index in [1.165, 1.54) is 5.56 Å². The molecular formula is C27H31NO4. The van der Waals surface area contributed by atoms with Gasteiger partial charge in [-0.15, -0.1) is 0 Å². The summed E-state index contributed by atoms with van der Waals surface area (Å²) in [6.45, 7) is 8.79. The van der Waals surface area contributed by atoms with Crippen molar-refractivity contribution in [2.45, 2.75) is 46.3 Å². The fraction of sp³-hybridized carbons (Fsp3) is 0.296. The third kappa shape index (κ3) is 6.19. The van der Waals surface area contributed by atoms with Gasteiger partial charge in [0.2, 0.25) is 5.78 Å². The van der Waals surface area contributed by atoms with E-state index < -0.39 is 0 Å². The first-order chi connectivity index (χ1) is 15.4. The maximum absolute atomic E-state index is 13.1. The van der Waals surface area contributed by atoms with Crippen LogP contribution in [-0.2, 0) is 11.4 Å². The van der Waals surface area contributed by atoms with Crippen LogP contribution in [0.1, 0.15) is 59.4 Å². The first kappa shape index (κ1) is 23.5. The Morgan fingerprint density at radius 3 is 2.53 bits per heavy atom. The molecular weight excluding hydrogens is 402 g/mol. The monoisotopic (exact) mass is 433 g/mol. The average molecular weight is 434 g/mol. The lowest BCUT2D eigenvalue weighted by Crippen LogP contribution is -2.18. The Labute approximate surface area is 189 Å². The second-order valence-corrected chi connectivity index (χ2v) is 8.36. The number of allylic oxidation sites excluding steroid dienone is 1. The zero-order valence-corrected chi connectivity index (χ0v) is 19.1. The topological polar surface area (TPSA) is 60.7 Å². The molecule has 2 aromatic carbocycles. The van der Waals surface area contributed by atoms with Crippen molar-refractivity contribution in [3.63, 3.8) is 0 Å². The number of rotatable bonds is 10. The Balaban J connectivity index is 1.71. The van der Waals surface area contributed by atoms with Crippen molar-refractivity contribution in [3.05, 3.63) is 94.8 Å². The van der Waals surface area contributed by atoms with Gasteiger partial charge < -0.3 is 9.30 Å². The Morgan fingerprint density at radius 1 is 1.09 bits per heavy atom. The molecule has 0 amide bonds. The fourth-order valence-electron chi connectivity index (χ4n) is 3.53. The average Bonchev–Trinajstić information content (AvgIpc) is 3.14. The number of aryl methyl sites for hydroxylation is 1. The molecule has 0 radical (unpaired) electrons. The van der Waals surface area contributed by atoms with Crippen LogP contribution in [-0.4, -0.2) is 28.3 Å². The second-order valence-electron chi connectivity index (χ2n) is 8.36. The zero-order chi connectivity index (χ0) is 23.1. The molecule has 0 unspecified atom stereocenters. The van der Waals surface area contributed by atoms with E-state index in [-0.39, 0.29) is 18.5 Å². The van der Waals surface area contributed by atoms with E-state index in [1.54, 1.807) is 0 Å². The number of hydrogen-bond acceptors (Lipinski definition) is 4. The summed E-state index contributed by atoms with van der Waals surface area (Å²) < 4.78 is 7.69. The van der Waals surface area contributed by atoms with Gasteiger partial charge in [0.25, 0.3) is 0 Å². The Bertz CT molecular complexity index is 1060. The first-order valence-electron chi connectivity index (χ1n) is 10.9. The van der Waals surface area contributed by atoms with Gasteiger partial charge in [-0.2, -0.15) is 0 Å². The summed E-state index contributed by atoms with van der Waals surface area (Å²) >= 11 is 0. The van der Waals surface area contributed by atoms with Gasteiger partial charge in [-0.05, 0) is 54.7 Å². The molecule has 1 N–H and O–H groups in total. The van der Waals surface area contributed by atoms with E-state index >= 15 is 0 Å². The molecule has 0 bridgehead atoms. The predicted octanol–water partition coefficient (Wildman–Crippen LogP) is 6.12. The number of ketones is 1. The van der Waals surface area contributed by atoms with E-state index in [4.69, 9.17) is 9.99 Å². The van der Waals surface area contributed by atoms with Crippen molar-refractivity contribution in [1.82, 2.24) is 4.57 Å². The van der Waals surface area contributed by atoms with Crippen LogP contribution in [0.25, 0.3) is 6.08 Å². The predicted molar refractivity (Wildman–Crippen MR) is 127 cm³/mol. The Hall–Kier alpha value is -3.15. The lowest BCUT2D eigenvalue weighted by Gasteiger charge is -2.13. The van der Waals surface area contributed by atoms with Gasteiger partial charge in [0.1, 0.15) is 18.5 Å². The lowest BCUT2D eigenvalue weighted by atomic mass is 9.99. The van der Waals surface area contributed by atoms with Gasteiger partial charge in [-0.1, -0.05) is 62.4 Å². The van der Waals surface area contributed by atoms with Gasteiger partial charge in [0.05, 0.1) is 5.69 Å². The van der Waals surface area contributed by atoms with Gasteiger partial charge in [0.15, 0.2) is 0 Å². The highest BCUT2D eigenvalue weighted by atomic mass is 17.1. The van der Waals surface area contributed by atoms with Crippen LogP contribution < -0.4 is 4.74 Å². The number of aromatic nitrogens is 1. The number of benzene rings is 2. The van der Waals surface area contributed by atoms with E-state index in [0.717, 1.165) is 11.1 Å². The zero-order valence-electron chi connectivity index (χ0n) is 19.1. The van der Waals surface area contributed by atoms with E-state index in [0.29, 0.717) is 29.5 Å². The fourth-order valence-corrected chi connectivity index (χ4v) is 3.53. The molecule has 0 fully saturated rings. The quantitative estimate of drug-likeness (QED) is 0.238. The summed E-state index contributed by atoms with van der Waals surface area (Å²) in [4.78, 5) is 17.2. The van der Waals surface area contributed by atoms with Crippen LogP contribution in [0.4, 0.5) is 0 Å². The molecule has 32 heavy (non-hydrogen) atoms. The maximum Gasteiger partial charge on any atom is 0.209 e. The molecule has 1 aromatic heterocycles. The van der Waals surface area contributed by atoms with Crippen molar-refractivity contribution in [2.75, 3.05) is 6.61 Å². The van der Waals surface area contributed by atoms with Crippen LogP contribution in [0.15, 0.2) is 66.9 Å². The molecule has 168 valence electrons. The first-order valence-corrected chi connectivity index (χ1v) is 10.9. The summed E-state index contributed by atoms with van der Waals surface area (Å²) in [5, 5.41) is 8.55. The summed E-state index contributed by atoms with van der Waals surface area (Å²) in [5.41, 5.74) is 4.64. The van der Waals surface area contributed by atoms with E-state index in [2.05, 4.69) is 18.7 Å². The van der Waals surface area contributed by atoms with E-state index in [9.17, 15) is 4.79 Å². The molecule has 1 atom stereocenters. The molecule has 0 aliphatic heterocycles. The third-order valence-electron chi connectivity index (χ3n) is 5.22. The van der Waals surface area contributed by atoms with Crippen molar-refractivity contribution in [3.8, 4) is 5.75 Å². The standard InChI is InChI=1S/C27H31NO4/c1-19(2)23-10-12-24(13-11-23)27(29)26-15-20(3)17-28(26)14-6-8-22-7-5-9-25(16-22)32-21(4)18-31-30/h5-13,15-17,19,21,30H,14,18H2,1-4H3/b8-6+/t21-/m0/s1. The molecule has 3 rings (SSSR count). The van der Waals surface area contributed by atoms with Gasteiger partial charge in [-0.25, -0.2) is 4.89 Å². The number of hydrogen-bond donors (Lipinski definition) is 1. The molecule has 5 nitrogen and oxygen atoms in total. The highest BCUT2D eigenvalue weighted by Crippen LogP contribution is 2.19. The van der Waals surface area contributed by atoms with Crippen LogP contribution in [0.5, 0.6) is 5.75 Å². The second kappa shape index (κ2) is 10.9. The third-order valence-corrected chi connectivity index (χ3v) is 5.22. The SMILES string of the molecule is Cc1cc(C(=O)c2ccc(C(C)C)cc2)n(C/C=C/c2cccc(O[C@@H](C)COO)c2)c1. The van der Waals surface area contributed by atoms with Crippen LogP contribution in [0, 0.1) is 6.92 Å². The Morgan fingerprint density at radius 2 is 1.84 bits per heavy atom. The molecule has 1 heterocycles. The molecule has 0 saturated heterocycles. The highest BCUT2D eigenvalue weighted by Gasteiger charge is 2.14. The van der Waals surface area contributed by atoms with Crippen LogP contribution >= 0.6 is 0 Å². The number of carbonyl (C=O) groups excluding carboxylic acids is 1. The summed E-state index contributed by atoms with van der Waals surface area (Å²) in [6, 6.07) is 17.5. The Kier molecular flexibility index (Phi) is 8.03. The molecule has 5 heteroatoms. The van der Waals surface area contributed by atoms with Crippen LogP contribution in [0.2, 0.25) is 0 Å². The van der Waals surface area contributed by atoms with Gasteiger partial charge in [0, 0.05) is 18.3 Å². The largest absolute Gasteiger partial charge is 0.488 e. The minimum atomic E-state index is -0.259. The number of ether oxygens (including phenoxy) is 1. The normalized spacial score (nSPS) is 12.4. The van der Waals surface area contributed by atoms with Crippen molar-refractivity contribution in [2.24, 2.45) is 0 Å². The number of carbonyl (C=O) groups is 1. The summed E-state index contributed by atoms with van der Waals surface area (Å²) in [7, 11) is 0. The minimum Gasteiger partial charge on any atom is -0.488 e. The van der Waals surface area contributed by atoms with Gasteiger partial charge in [-0.3, -0.25) is 10.1 Å². The lowest BCUT2D eigenvalue weighted by molar-refractivity contribution is -0.253. The van der Waals surface area contributed by atoms with Crippen molar-refractivity contribution < 1.29 is 19.7 Å². The smallest absolute Gasteiger partial charge is 0.209 e. The molecule has 0 aliphatic carbocycles. The van der Waals surface area contributed by atoms with Crippen molar-refractivity contribution >= 4 is 11.9 Å². The molecule has 0 saturated carbocycles. The van der Waals surface area contributed by atoms with Crippen molar-refractivity contribution in [1.29, 1.82) is 0 Å². The highest BCUT2D eigenvalue weighted by molar-refractivity contribution is 6.08.